The van der Waals surface area contributed by atoms with E-state index in [4.69, 9.17) is 4.42 Å². The van der Waals surface area contributed by atoms with E-state index in [2.05, 4.69) is 4.98 Å². The molecule has 1 fully saturated rings. The number of nitrogens with one attached hydrogen (secondary N) is 1. The van der Waals surface area contributed by atoms with Crippen molar-refractivity contribution in [1.82, 2.24) is 4.98 Å². The van der Waals surface area contributed by atoms with Gasteiger partial charge in [0.1, 0.15) is 0 Å². The highest BCUT2D eigenvalue weighted by Gasteiger charge is 2.43. The molecule has 3 rings (SSSR count). The summed E-state index contributed by atoms with van der Waals surface area (Å²) in [7, 11) is 0. The number of benzene rings is 1. The zero-order chi connectivity index (χ0) is 12.8. The molecule has 0 bridgehead atoms. The predicted molar refractivity (Wildman–Crippen MR) is 64.6 cm³/mol. The molecule has 1 heterocycles. The van der Waals surface area contributed by atoms with E-state index in [1.807, 2.05) is 0 Å². The van der Waals surface area contributed by atoms with Crippen LogP contribution in [-0.4, -0.2) is 16.1 Å². The van der Waals surface area contributed by atoms with Crippen LogP contribution in [0.3, 0.4) is 0 Å². The minimum atomic E-state index is -0.803. The van der Waals surface area contributed by atoms with Crippen LogP contribution < -0.4 is 5.76 Å². The van der Waals surface area contributed by atoms with Crippen molar-refractivity contribution in [2.45, 2.75) is 31.1 Å². The van der Waals surface area contributed by atoms with Gasteiger partial charge in [0.2, 0.25) is 0 Å². The first kappa shape index (κ1) is 11.1. The summed E-state index contributed by atoms with van der Waals surface area (Å²) in [5.74, 6) is -1.30. The van der Waals surface area contributed by atoms with E-state index in [0.29, 0.717) is 23.9 Å². The standard InChI is InChI=1S/C13H13NO4/c15-11(16)13(5-1-2-6-13)8-3-4-10-9(7-8)14-12(17)18-10/h3-4,7H,1-2,5-6H2,(H,14,17)(H,15,16). The van der Waals surface area contributed by atoms with Gasteiger partial charge in [-0.1, -0.05) is 18.9 Å². The van der Waals surface area contributed by atoms with Crippen LogP contribution in [0.15, 0.2) is 27.4 Å². The summed E-state index contributed by atoms with van der Waals surface area (Å²) in [5.41, 5.74) is 0.965. The van der Waals surface area contributed by atoms with Gasteiger partial charge < -0.3 is 9.52 Å². The van der Waals surface area contributed by atoms with Crippen molar-refractivity contribution in [3.05, 3.63) is 34.3 Å². The van der Waals surface area contributed by atoms with Gasteiger partial charge >= 0.3 is 11.7 Å². The molecule has 18 heavy (non-hydrogen) atoms. The molecule has 94 valence electrons. The second kappa shape index (κ2) is 3.73. The first-order chi connectivity index (χ1) is 8.62. The molecule has 0 amide bonds. The van der Waals surface area contributed by atoms with Crippen LogP contribution in [-0.2, 0) is 10.2 Å². The van der Waals surface area contributed by atoms with Crippen LogP contribution in [0.25, 0.3) is 11.1 Å². The fourth-order valence-corrected chi connectivity index (χ4v) is 2.85. The lowest BCUT2D eigenvalue weighted by Gasteiger charge is -2.24. The quantitative estimate of drug-likeness (QED) is 0.850. The fourth-order valence-electron chi connectivity index (χ4n) is 2.85. The van der Waals surface area contributed by atoms with E-state index in [1.165, 1.54) is 0 Å². The average Bonchev–Trinajstić information content (AvgIpc) is 2.92. The molecule has 0 spiro atoms. The van der Waals surface area contributed by atoms with Gasteiger partial charge in [-0.05, 0) is 30.5 Å². The lowest BCUT2D eigenvalue weighted by molar-refractivity contribution is -0.143. The molecule has 0 radical (unpaired) electrons. The predicted octanol–water partition coefficient (Wildman–Crippen LogP) is 2.02. The summed E-state index contributed by atoms with van der Waals surface area (Å²) in [5, 5.41) is 9.50. The number of fused-ring (bicyclic) bond motifs is 1. The number of aromatic amines is 1. The number of H-pyrrole nitrogens is 1. The molecule has 1 aromatic carbocycles. The van der Waals surface area contributed by atoms with E-state index in [9.17, 15) is 14.7 Å². The molecule has 2 aromatic rings. The maximum Gasteiger partial charge on any atom is 0.417 e. The van der Waals surface area contributed by atoms with Crippen molar-refractivity contribution in [2.24, 2.45) is 0 Å². The monoisotopic (exact) mass is 247 g/mol. The molecule has 0 saturated heterocycles. The fraction of sp³-hybridized carbons (Fsp3) is 0.385. The van der Waals surface area contributed by atoms with Gasteiger partial charge in [-0.25, -0.2) is 4.79 Å². The van der Waals surface area contributed by atoms with Crippen LogP contribution in [0.5, 0.6) is 0 Å². The molecular formula is C13H13NO4. The number of carboxylic acids is 1. The number of aliphatic carboxylic acids is 1. The van der Waals surface area contributed by atoms with Crippen LogP contribution >= 0.6 is 0 Å². The summed E-state index contributed by atoms with van der Waals surface area (Å²) < 4.78 is 4.92. The second-order valence-corrected chi connectivity index (χ2v) is 4.82. The first-order valence-electron chi connectivity index (χ1n) is 5.99. The molecule has 0 unspecified atom stereocenters. The van der Waals surface area contributed by atoms with Crippen molar-refractivity contribution < 1.29 is 14.3 Å². The lowest BCUT2D eigenvalue weighted by atomic mass is 9.79. The maximum atomic E-state index is 11.6. The minimum Gasteiger partial charge on any atom is -0.481 e. The average molecular weight is 247 g/mol. The van der Waals surface area contributed by atoms with E-state index in [0.717, 1.165) is 18.4 Å². The Morgan fingerprint density at radius 1 is 1.33 bits per heavy atom. The van der Waals surface area contributed by atoms with Crippen molar-refractivity contribution in [1.29, 1.82) is 0 Å². The molecule has 0 atom stereocenters. The van der Waals surface area contributed by atoms with E-state index in [-0.39, 0.29) is 0 Å². The summed E-state index contributed by atoms with van der Waals surface area (Å²) in [6, 6.07) is 5.13. The third kappa shape index (κ3) is 1.47. The van der Waals surface area contributed by atoms with Crippen molar-refractivity contribution in [2.75, 3.05) is 0 Å². The summed E-state index contributed by atoms with van der Waals surface area (Å²) in [4.78, 5) is 25.2. The largest absolute Gasteiger partial charge is 0.481 e. The van der Waals surface area contributed by atoms with Gasteiger partial charge in [-0.2, -0.15) is 0 Å². The number of rotatable bonds is 2. The zero-order valence-electron chi connectivity index (χ0n) is 9.73. The van der Waals surface area contributed by atoms with Gasteiger partial charge in [0, 0.05) is 0 Å². The number of carbonyl (C=O) groups is 1. The molecule has 5 heteroatoms. The number of aromatic nitrogens is 1. The van der Waals surface area contributed by atoms with Gasteiger partial charge in [-0.15, -0.1) is 0 Å². The Bertz CT molecular complexity index is 661. The van der Waals surface area contributed by atoms with E-state index >= 15 is 0 Å². The third-order valence-corrected chi connectivity index (χ3v) is 3.84. The van der Waals surface area contributed by atoms with Crippen LogP contribution in [0, 0.1) is 0 Å². The Labute approximate surface area is 102 Å². The van der Waals surface area contributed by atoms with Gasteiger partial charge in [0.05, 0.1) is 10.9 Å². The molecule has 1 aliphatic carbocycles. The number of carboxylic acid groups (broad SMARTS) is 1. The number of oxazole rings is 1. The van der Waals surface area contributed by atoms with Crippen molar-refractivity contribution >= 4 is 17.1 Å². The molecule has 1 aromatic heterocycles. The molecular weight excluding hydrogens is 234 g/mol. The lowest BCUT2D eigenvalue weighted by Crippen LogP contribution is -2.32. The SMILES string of the molecule is O=C(O)C1(c2ccc3oc(=O)[nH]c3c2)CCCC1. The Hall–Kier alpha value is -2.04. The summed E-state index contributed by atoms with van der Waals surface area (Å²) in [6.07, 6.45) is 3.14. The Kier molecular flexibility index (Phi) is 2.29. The normalized spacial score (nSPS) is 18.2. The number of hydrogen-bond acceptors (Lipinski definition) is 3. The van der Waals surface area contributed by atoms with Crippen LogP contribution in [0.4, 0.5) is 0 Å². The highest BCUT2D eigenvalue weighted by atomic mass is 16.4. The Morgan fingerprint density at radius 2 is 2.06 bits per heavy atom. The molecule has 1 aliphatic rings. The number of hydrogen-bond donors (Lipinski definition) is 2. The summed E-state index contributed by atoms with van der Waals surface area (Å²) >= 11 is 0. The second-order valence-electron chi connectivity index (χ2n) is 4.82. The molecule has 5 nitrogen and oxygen atoms in total. The van der Waals surface area contributed by atoms with Gasteiger partial charge in [0.15, 0.2) is 5.58 Å². The maximum absolute atomic E-state index is 11.6. The van der Waals surface area contributed by atoms with Crippen molar-refractivity contribution in [3.8, 4) is 0 Å². The molecule has 2 N–H and O–H groups in total. The van der Waals surface area contributed by atoms with Crippen molar-refractivity contribution in [3.63, 3.8) is 0 Å². The van der Waals surface area contributed by atoms with Crippen LogP contribution in [0.1, 0.15) is 31.2 Å². The van der Waals surface area contributed by atoms with E-state index < -0.39 is 17.1 Å². The smallest absolute Gasteiger partial charge is 0.417 e. The zero-order valence-corrected chi connectivity index (χ0v) is 9.73. The molecule has 1 saturated carbocycles. The topological polar surface area (TPSA) is 83.3 Å². The van der Waals surface area contributed by atoms with Gasteiger partial charge in [-0.3, -0.25) is 9.78 Å². The Morgan fingerprint density at radius 3 is 2.72 bits per heavy atom. The summed E-state index contributed by atoms with van der Waals surface area (Å²) in [6.45, 7) is 0. The Balaban J connectivity index is 2.17. The van der Waals surface area contributed by atoms with Gasteiger partial charge in [0.25, 0.3) is 0 Å². The highest BCUT2D eigenvalue weighted by Crippen LogP contribution is 2.41. The van der Waals surface area contributed by atoms with Crippen LogP contribution in [0.2, 0.25) is 0 Å². The van der Waals surface area contributed by atoms with E-state index in [1.54, 1.807) is 18.2 Å². The molecule has 0 aliphatic heterocycles. The third-order valence-electron chi connectivity index (χ3n) is 3.84. The first-order valence-corrected chi connectivity index (χ1v) is 5.99. The minimum absolute atomic E-state index is 0.460. The highest BCUT2D eigenvalue weighted by molar-refractivity contribution is 5.84.